The highest BCUT2D eigenvalue weighted by atomic mass is 16.1. The van der Waals surface area contributed by atoms with E-state index in [1.807, 2.05) is 0 Å². The summed E-state index contributed by atoms with van der Waals surface area (Å²) in [5.74, 6) is 5.34. The number of carbonyl (C=O) groups is 1. The summed E-state index contributed by atoms with van der Waals surface area (Å²) in [5.41, 5.74) is 4.89. The second-order valence-corrected chi connectivity index (χ2v) is 1.75. The minimum Gasteiger partial charge on any atom is -0.370 e. The molecule has 0 fully saturated rings. The molecule has 0 saturated heterocycles. The predicted octanol–water partition coefficient (Wildman–Crippen LogP) is 0.665. The second kappa shape index (κ2) is 5.17. The molecule has 0 saturated carbocycles. The number of carbonyl (C=O) groups excluding carboxylic acids is 1. The fraction of sp³-hybridized carbons (Fsp3) is 0.571. The molecular formula is C7H11NO. The van der Waals surface area contributed by atoms with E-state index in [-0.39, 0.29) is 5.91 Å². The molecular weight excluding hydrogens is 114 g/mol. The van der Waals surface area contributed by atoms with Crippen LogP contribution < -0.4 is 5.73 Å². The summed E-state index contributed by atoms with van der Waals surface area (Å²) in [6, 6.07) is 0. The van der Waals surface area contributed by atoms with Crippen LogP contribution in [0.5, 0.6) is 0 Å². The van der Waals surface area contributed by atoms with E-state index in [4.69, 9.17) is 5.73 Å². The summed E-state index contributed by atoms with van der Waals surface area (Å²) < 4.78 is 0. The van der Waals surface area contributed by atoms with Gasteiger partial charge in [0, 0.05) is 12.8 Å². The van der Waals surface area contributed by atoms with Crippen molar-refractivity contribution in [3.05, 3.63) is 0 Å². The van der Waals surface area contributed by atoms with Gasteiger partial charge in [0.2, 0.25) is 5.91 Å². The molecule has 0 atom stereocenters. The maximum Gasteiger partial charge on any atom is 0.217 e. The van der Waals surface area contributed by atoms with Gasteiger partial charge in [-0.1, -0.05) is 0 Å². The lowest BCUT2D eigenvalue weighted by atomic mass is 10.2. The van der Waals surface area contributed by atoms with Gasteiger partial charge in [-0.15, -0.1) is 11.8 Å². The van der Waals surface area contributed by atoms with E-state index in [1.165, 1.54) is 0 Å². The lowest BCUT2D eigenvalue weighted by molar-refractivity contribution is -0.118. The Labute approximate surface area is 55.4 Å². The standard InChI is InChI=1S/C7H11NO/c1-2-3-4-5-6-7(8)9/h4-6H2,1H3,(H2,8,9). The summed E-state index contributed by atoms with van der Waals surface area (Å²) in [6.07, 6.45) is 2.02. The molecule has 0 bridgehead atoms. The van der Waals surface area contributed by atoms with Gasteiger partial charge in [-0.3, -0.25) is 4.79 Å². The molecule has 50 valence electrons. The molecule has 0 aromatic heterocycles. The van der Waals surface area contributed by atoms with Gasteiger partial charge in [-0.25, -0.2) is 0 Å². The van der Waals surface area contributed by atoms with Crippen molar-refractivity contribution in [3.63, 3.8) is 0 Å². The van der Waals surface area contributed by atoms with Gasteiger partial charge in [0.15, 0.2) is 0 Å². The monoisotopic (exact) mass is 125 g/mol. The summed E-state index contributed by atoms with van der Waals surface area (Å²) in [7, 11) is 0. The van der Waals surface area contributed by atoms with Crippen LogP contribution in [-0.2, 0) is 4.79 Å². The number of rotatable bonds is 3. The lowest BCUT2D eigenvalue weighted by Gasteiger charge is -1.87. The summed E-state index contributed by atoms with van der Waals surface area (Å²) in [6.45, 7) is 1.78. The molecule has 0 spiro atoms. The van der Waals surface area contributed by atoms with Crippen molar-refractivity contribution in [2.24, 2.45) is 5.73 Å². The van der Waals surface area contributed by atoms with E-state index in [9.17, 15) is 4.79 Å². The van der Waals surface area contributed by atoms with Gasteiger partial charge in [-0.05, 0) is 13.3 Å². The van der Waals surface area contributed by atoms with Gasteiger partial charge >= 0.3 is 0 Å². The van der Waals surface area contributed by atoms with Crippen molar-refractivity contribution < 1.29 is 4.79 Å². The van der Waals surface area contributed by atoms with E-state index < -0.39 is 0 Å². The van der Waals surface area contributed by atoms with Crippen LogP contribution in [0.1, 0.15) is 26.2 Å². The second-order valence-electron chi connectivity index (χ2n) is 1.75. The number of unbranched alkanes of at least 4 members (excludes halogenated alkanes) is 1. The third kappa shape index (κ3) is 7.03. The Kier molecular flexibility index (Phi) is 4.61. The smallest absolute Gasteiger partial charge is 0.217 e. The van der Waals surface area contributed by atoms with Crippen LogP contribution in [0.25, 0.3) is 0 Å². The van der Waals surface area contributed by atoms with Gasteiger partial charge < -0.3 is 5.73 Å². The molecule has 2 nitrogen and oxygen atoms in total. The molecule has 0 unspecified atom stereocenters. The van der Waals surface area contributed by atoms with E-state index in [0.717, 1.165) is 12.8 Å². The largest absolute Gasteiger partial charge is 0.370 e. The zero-order valence-electron chi connectivity index (χ0n) is 5.61. The SMILES string of the molecule is CC#CCCCC(N)=O. The van der Waals surface area contributed by atoms with Gasteiger partial charge in [-0.2, -0.15) is 0 Å². The van der Waals surface area contributed by atoms with Crippen molar-refractivity contribution >= 4 is 5.91 Å². The molecule has 0 rings (SSSR count). The molecule has 0 aromatic rings. The van der Waals surface area contributed by atoms with E-state index in [2.05, 4.69) is 11.8 Å². The number of hydrogen-bond acceptors (Lipinski definition) is 1. The maximum atomic E-state index is 10.1. The van der Waals surface area contributed by atoms with Crippen LogP contribution in [0.2, 0.25) is 0 Å². The van der Waals surface area contributed by atoms with Gasteiger partial charge in [0.1, 0.15) is 0 Å². The van der Waals surface area contributed by atoms with E-state index >= 15 is 0 Å². The van der Waals surface area contributed by atoms with Crippen LogP contribution in [-0.4, -0.2) is 5.91 Å². The maximum absolute atomic E-state index is 10.1. The Morgan fingerprint density at radius 2 is 2.33 bits per heavy atom. The van der Waals surface area contributed by atoms with Crippen LogP contribution >= 0.6 is 0 Å². The van der Waals surface area contributed by atoms with Crippen molar-refractivity contribution in [2.75, 3.05) is 0 Å². The molecule has 0 aliphatic carbocycles. The van der Waals surface area contributed by atoms with Crippen LogP contribution in [0.4, 0.5) is 0 Å². The lowest BCUT2D eigenvalue weighted by Crippen LogP contribution is -2.09. The van der Waals surface area contributed by atoms with Gasteiger partial charge in [0.25, 0.3) is 0 Å². The molecule has 0 radical (unpaired) electrons. The summed E-state index contributed by atoms with van der Waals surface area (Å²) >= 11 is 0. The normalized spacial score (nSPS) is 7.67. The minimum atomic E-state index is -0.243. The quantitative estimate of drug-likeness (QED) is 0.437. The molecule has 0 aliphatic heterocycles. The topological polar surface area (TPSA) is 43.1 Å². The van der Waals surface area contributed by atoms with E-state index in [1.54, 1.807) is 6.92 Å². The average Bonchev–Trinajstić information content (AvgIpc) is 1.80. The Hall–Kier alpha value is -0.970. The van der Waals surface area contributed by atoms with E-state index in [0.29, 0.717) is 6.42 Å². The average molecular weight is 125 g/mol. The first-order chi connectivity index (χ1) is 4.27. The highest BCUT2D eigenvalue weighted by Gasteiger charge is 1.89. The molecule has 0 aliphatic rings. The first kappa shape index (κ1) is 8.03. The summed E-state index contributed by atoms with van der Waals surface area (Å²) in [5, 5.41) is 0. The van der Waals surface area contributed by atoms with Gasteiger partial charge in [0.05, 0.1) is 0 Å². The zero-order valence-corrected chi connectivity index (χ0v) is 5.61. The molecule has 0 heterocycles. The molecule has 1 amide bonds. The predicted molar refractivity (Wildman–Crippen MR) is 36.5 cm³/mol. The Morgan fingerprint density at radius 3 is 2.78 bits per heavy atom. The van der Waals surface area contributed by atoms with Crippen molar-refractivity contribution in [2.45, 2.75) is 26.2 Å². The first-order valence-corrected chi connectivity index (χ1v) is 2.95. The Morgan fingerprint density at radius 1 is 1.67 bits per heavy atom. The number of nitrogens with two attached hydrogens (primary N) is 1. The number of amides is 1. The third-order valence-electron chi connectivity index (χ3n) is 0.902. The van der Waals surface area contributed by atoms with Crippen molar-refractivity contribution in [3.8, 4) is 11.8 Å². The highest BCUT2D eigenvalue weighted by Crippen LogP contribution is 1.90. The molecule has 2 N–H and O–H groups in total. The zero-order chi connectivity index (χ0) is 7.11. The van der Waals surface area contributed by atoms with Crippen molar-refractivity contribution in [1.29, 1.82) is 0 Å². The Bertz CT molecular complexity index is 141. The summed E-state index contributed by atoms with van der Waals surface area (Å²) in [4.78, 5) is 10.1. The fourth-order valence-corrected chi connectivity index (χ4v) is 0.476. The van der Waals surface area contributed by atoms with Crippen LogP contribution in [0, 0.1) is 11.8 Å². The molecule has 0 aromatic carbocycles. The number of primary amides is 1. The number of hydrogen-bond donors (Lipinski definition) is 1. The van der Waals surface area contributed by atoms with Crippen LogP contribution in [0.3, 0.4) is 0 Å². The molecule has 9 heavy (non-hydrogen) atoms. The Balaban J connectivity index is 3.07. The first-order valence-electron chi connectivity index (χ1n) is 2.95. The fourth-order valence-electron chi connectivity index (χ4n) is 0.476. The third-order valence-corrected chi connectivity index (χ3v) is 0.902. The van der Waals surface area contributed by atoms with Crippen molar-refractivity contribution in [1.82, 2.24) is 0 Å². The molecule has 2 heteroatoms. The highest BCUT2D eigenvalue weighted by molar-refractivity contribution is 5.73. The van der Waals surface area contributed by atoms with Crippen LogP contribution in [0.15, 0.2) is 0 Å². The minimum absolute atomic E-state index is 0.243.